The van der Waals surface area contributed by atoms with Gasteiger partial charge >= 0.3 is 0 Å². The lowest BCUT2D eigenvalue weighted by Crippen LogP contribution is -2.13. The summed E-state index contributed by atoms with van der Waals surface area (Å²) >= 11 is 7.91. The zero-order valence-electron chi connectivity index (χ0n) is 8.97. The minimum absolute atomic E-state index is 0.0368. The highest BCUT2D eigenvalue weighted by molar-refractivity contribution is 14.1. The number of rotatable bonds is 3. The summed E-state index contributed by atoms with van der Waals surface area (Å²) in [4.78, 5) is 3.71. The topological polar surface area (TPSA) is 59.1 Å². The number of aromatic nitrogens is 1. The fourth-order valence-electron chi connectivity index (χ4n) is 1.30. The summed E-state index contributed by atoms with van der Waals surface area (Å²) in [6.45, 7) is 0. The summed E-state index contributed by atoms with van der Waals surface area (Å²) in [5.74, 6) is 0. The number of anilines is 1. The van der Waals surface area contributed by atoms with Gasteiger partial charge in [0.25, 0.3) is 10.0 Å². The zero-order chi connectivity index (χ0) is 13.2. The van der Waals surface area contributed by atoms with Crippen molar-refractivity contribution in [1.82, 2.24) is 4.98 Å². The van der Waals surface area contributed by atoms with Crippen molar-refractivity contribution in [3.8, 4) is 0 Å². The Morgan fingerprint density at radius 1 is 1.17 bits per heavy atom. The molecule has 1 N–H and O–H groups in total. The molecule has 2 rings (SSSR count). The Hall–Kier alpha value is -0.860. The second kappa shape index (κ2) is 5.41. The van der Waals surface area contributed by atoms with Gasteiger partial charge in [-0.15, -0.1) is 0 Å². The number of nitrogens with one attached hydrogen (secondary N) is 1. The first-order valence-corrected chi connectivity index (χ1v) is 7.82. The molecular weight excluding hydrogens is 387 g/mol. The second-order valence-electron chi connectivity index (χ2n) is 3.40. The summed E-state index contributed by atoms with van der Waals surface area (Å²) in [6, 6.07) is 9.92. The number of pyridine rings is 1. The Kier molecular flexibility index (Phi) is 4.08. The van der Waals surface area contributed by atoms with E-state index in [2.05, 4.69) is 32.3 Å². The Labute approximate surface area is 124 Å². The minimum atomic E-state index is -3.70. The Morgan fingerprint density at radius 2 is 1.83 bits per heavy atom. The number of benzene rings is 1. The van der Waals surface area contributed by atoms with E-state index in [1.165, 1.54) is 18.3 Å². The van der Waals surface area contributed by atoms with E-state index in [-0.39, 0.29) is 10.0 Å². The molecule has 7 heteroatoms. The molecule has 1 aromatic carbocycles. The van der Waals surface area contributed by atoms with Crippen LogP contribution in [0.4, 0.5) is 5.69 Å². The highest BCUT2D eigenvalue weighted by Gasteiger charge is 2.18. The lowest BCUT2D eigenvalue weighted by Gasteiger charge is -2.08. The van der Waals surface area contributed by atoms with Crippen LogP contribution in [0.1, 0.15) is 0 Å². The van der Waals surface area contributed by atoms with Gasteiger partial charge in [0, 0.05) is 15.5 Å². The molecule has 1 heterocycles. The van der Waals surface area contributed by atoms with E-state index in [1.54, 1.807) is 12.1 Å². The average Bonchev–Trinajstić information content (AvgIpc) is 2.32. The Balaban J connectivity index is 2.33. The third-order valence-corrected chi connectivity index (χ3v) is 4.66. The minimum Gasteiger partial charge on any atom is -0.280 e. The summed E-state index contributed by atoms with van der Waals surface area (Å²) in [7, 11) is -3.70. The molecule has 0 amide bonds. The molecule has 1 aromatic heterocycles. The fraction of sp³-hybridized carbons (Fsp3) is 0. The van der Waals surface area contributed by atoms with E-state index in [0.717, 1.165) is 3.57 Å². The molecule has 0 bridgehead atoms. The SMILES string of the molecule is O=S(=O)(Nc1ccc(I)cc1)c1cccnc1Cl. The van der Waals surface area contributed by atoms with E-state index in [9.17, 15) is 8.42 Å². The van der Waals surface area contributed by atoms with Crippen molar-refractivity contribution in [2.45, 2.75) is 4.90 Å². The fourth-order valence-corrected chi connectivity index (χ4v) is 3.17. The maximum atomic E-state index is 12.1. The van der Waals surface area contributed by atoms with Crippen molar-refractivity contribution < 1.29 is 8.42 Å². The molecule has 2 aromatic rings. The molecule has 0 atom stereocenters. The summed E-state index contributed by atoms with van der Waals surface area (Å²) < 4.78 is 27.6. The summed E-state index contributed by atoms with van der Waals surface area (Å²) in [5.41, 5.74) is 0.482. The first-order chi connectivity index (χ1) is 8.49. The van der Waals surface area contributed by atoms with Crippen LogP contribution in [-0.2, 0) is 10.0 Å². The lowest BCUT2D eigenvalue weighted by atomic mass is 10.3. The number of nitrogens with zero attached hydrogens (tertiary/aromatic N) is 1. The summed E-state index contributed by atoms with van der Waals surface area (Å²) in [5, 5.41) is -0.0458. The van der Waals surface area contributed by atoms with Gasteiger partial charge in [-0.3, -0.25) is 4.72 Å². The van der Waals surface area contributed by atoms with Crippen molar-refractivity contribution in [1.29, 1.82) is 0 Å². The van der Waals surface area contributed by atoms with E-state index >= 15 is 0 Å². The zero-order valence-corrected chi connectivity index (χ0v) is 12.7. The van der Waals surface area contributed by atoms with Crippen LogP contribution in [0.2, 0.25) is 5.15 Å². The van der Waals surface area contributed by atoms with Crippen molar-refractivity contribution in [2.24, 2.45) is 0 Å². The van der Waals surface area contributed by atoms with Gasteiger partial charge in [0.05, 0.1) is 0 Å². The van der Waals surface area contributed by atoms with Gasteiger partial charge in [0.15, 0.2) is 0 Å². The molecule has 0 aliphatic carbocycles. The predicted octanol–water partition coefficient (Wildman–Crippen LogP) is 3.14. The maximum absolute atomic E-state index is 12.1. The van der Waals surface area contributed by atoms with Crippen LogP contribution in [-0.4, -0.2) is 13.4 Å². The van der Waals surface area contributed by atoms with Crippen LogP contribution in [0.5, 0.6) is 0 Å². The number of hydrogen-bond acceptors (Lipinski definition) is 3. The Morgan fingerprint density at radius 3 is 2.44 bits per heavy atom. The molecule has 0 spiro atoms. The van der Waals surface area contributed by atoms with Gasteiger partial charge in [-0.2, -0.15) is 0 Å². The highest BCUT2D eigenvalue weighted by atomic mass is 127. The van der Waals surface area contributed by atoms with E-state index in [0.29, 0.717) is 5.69 Å². The van der Waals surface area contributed by atoms with E-state index in [1.807, 2.05) is 12.1 Å². The number of sulfonamides is 1. The van der Waals surface area contributed by atoms with Crippen molar-refractivity contribution in [3.63, 3.8) is 0 Å². The predicted molar refractivity (Wildman–Crippen MR) is 79.2 cm³/mol. The molecule has 0 fully saturated rings. The average molecular weight is 395 g/mol. The van der Waals surface area contributed by atoms with Crippen LogP contribution in [0, 0.1) is 3.57 Å². The Bertz CT molecular complexity index is 659. The molecule has 0 saturated heterocycles. The maximum Gasteiger partial charge on any atom is 0.264 e. The van der Waals surface area contributed by atoms with Crippen LogP contribution in [0.3, 0.4) is 0 Å². The van der Waals surface area contributed by atoms with Gasteiger partial charge in [-0.25, -0.2) is 13.4 Å². The molecule has 0 unspecified atom stereocenters. The normalized spacial score (nSPS) is 11.2. The molecular formula is C11H8ClIN2O2S. The summed E-state index contributed by atoms with van der Waals surface area (Å²) in [6.07, 6.45) is 1.44. The van der Waals surface area contributed by atoms with Gasteiger partial charge in [0.2, 0.25) is 0 Å². The first kappa shape index (κ1) is 13.6. The third-order valence-electron chi connectivity index (χ3n) is 2.11. The smallest absolute Gasteiger partial charge is 0.264 e. The van der Waals surface area contributed by atoms with Gasteiger partial charge < -0.3 is 0 Å². The largest absolute Gasteiger partial charge is 0.280 e. The van der Waals surface area contributed by atoms with Gasteiger partial charge in [-0.1, -0.05) is 11.6 Å². The molecule has 0 aliphatic heterocycles. The van der Waals surface area contributed by atoms with Crippen LogP contribution in [0.25, 0.3) is 0 Å². The molecule has 0 radical (unpaired) electrons. The van der Waals surface area contributed by atoms with E-state index in [4.69, 9.17) is 11.6 Å². The molecule has 0 aliphatic rings. The molecule has 4 nitrogen and oxygen atoms in total. The lowest BCUT2D eigenvalue weighted by molar-refractivity contribution is 0.601. The van der Waals surface area contributed by atoms with Crippen LogP contribution < -0.4 is 4.72 Å². The number of hydrogen-bond donors (Lipinski definition) is 1. The first-order valence-electron chi connectivity index (χ1n) is 4.88. The van der Waals surface area contributed by atoms with Crippen LogP contribution >= 0.6 is 34.2 Å². The third kappa shape index (κ3) is 3.12. The van der Waals surface area contributed by atoms with Crippen LogP contribution in [0.15, 0.2) is 47.5 Å². The van der Waals surface area contributed by atoms with Gasteiger partial charge in [-0.05, 0) is 59.0 Å². The quantitative estimate of drug-likeness (QED) is 0.643. The molecule has 94 valence electrons. The molecule has 18 heavy (non-hydrogen) atoms. The monoisotopic (exact) mass is 394 g/mol. The van der Waals surface area contributed by atoms with Crippen molar-refractivity contribution in [2.75, 3.05) is 4.72 Å². The number of halogens is 2. The molecule has 0 saturated carbocycles. The van der Waals surface area contributed by atoms with E-state index < -0.39 is 10.0 Å². The van der Waals surface area contributed by atoms with Gasteiger partial charge in [0.1, 0.15) is 10.0 Å². The highest BCUT2D eigenvalue weighted by Crippen LogP contribution is 2.21. The standard InChI is InChI=1S/C11H8ClIN2O2S/c12-11-10(2-1-7-14-11)18(16,17)15-9-5-3-8(13)4-6-9/h1-7,15H. The van der Waals surface area contributed by atoms with Crippen molar-refractivity contribution in [3.05, 3.63) is 51.3 Å². The van der Waals surface area contributed by atoms with Crippen molar-refractivity contribution >= 4 is 49.9 Å². The second-order valence-corrected chi connectivity index (χ2v) is 6.66.